The van der Waals surface area contributed by atoms with Crippen LogP contribution in [0.15, 0.2) is 41.3 Å². The fraction of sp³-hybridized carbons (Fsp3) is 0.316. The van der Waals surface area contributed by atoms with Gasteiger partial charge in [0.1, 0.15) is 16.5 Å². The molecule has 0 radical (unpaired) electrons. The van der Waals surface area contributed by atoms with Crippen molar-refractivity contribution in [2.24, 2.45) is 0 Å². The van der Waals surface area contributed by atoms with Gasteiger partial charge < -0.3 is 20.1 Å². The number of rotatable bonds is 7. The second-order valence-corrected chi connectivity index (χ2v) is 8.75. The predicted molar refractivity (Wildman–Crippen MR) is 111 cm³/mol. The smallest absolute Gasteiger partial charge is 0.246 e. The largest absolute Gasteiger partial charge is 0.495 e. The van der Waals surface area contributed by atoms with Crippen LogP contribution in [0.2, 0.25) is 5.02 Å². The van der Waals surface area contributed by atoms with Crippen molar-refractivity contribution in [3.63, 3.8) is 0 Å². The molecule has 3 rings (SSSR count). The van der Waals surface area contributed by atoms with Crippen molar-refractivity contribution in [2.75, 3.05) is 50.6 Å². The highest BCUT2D eigenvalue weighted by atomic mass is 35.5. The van der Waals surface area contributed by atoms with Crippen molar-refractivity contribution in [1.29, 1.82) is 0 Å². The van der Waals surface area contributed by atoms with Gasteiger partial charge in [-0.25, -0.2) is 12.8 Å². The fourth-order valence-corrected chi connectivity index (χ4v) is 4.66. The average Bonchev–Trinajstić information content (AvgIpc) is 2.75. The number of benzene rings is 2. The molecular formula is C19H21ClFN3O5S. The van der Waals surface area contributed by atoms with Crippen LogP contribution in [0.5, 0.6) is 5.75 Å². The van der Waals surface area contributed by atoms with Crippen LogP contribution in [0.1, 0.15) is 0 Å². The molecular weight excluding hydrogens is 437 g/mol. The number of carbonyl (C=O) groups excluding carboxylic acids is 1. The van der Waals surface area contributed by atoms with E-state index in [1.165, 1.54) is 47.8 Å². The number of hydrogen-bond acceptors (Lipinski definition) is 6. The quantitative estimate of drug-likeness (QED) is 0.663. The first-order valence-electron chi connectivity index (χ1n) is 9.06. The zero-order chi connectivity index (χ0) is 21.7. The summed E-state index contributed by atoms with van der Waals surface area (Å²) >= 11 is 5.83. The van der Waals surface area contributed by atoms with Gasteiger partial charge in [0.2, 0.25) is 15.9 Å². The summed E-state index contributed by atoms with van der Waals surface area (Å²) in [5.74, 6) is -0.872. The first kappa shape index (κ1) is 22.3. The molecule has 11 heteroatoms. The van der Waals surface area contributed by atoms with Gasteiger partial charge in [0.05, 0.1) is 32.6 Å². The van der Waals surface area contributed by atoms with Gasteiger partial charge in [-0.15, -0.1) is 0 Å². The molecule has 0 unspecified atom stereocenters. The van der Waals surface area contributed by atoms with Gasteiger partial charge in [0, 0.05) is 23.8 Å². The van der Waals surface area contributed by atoms with Gasteiger partial charge in [0.25, 0.3) is 0 Å². The van der Waals surface area contributed by atoms with E-state index in [9.17, 15) is 17.6 Å². The van der Waals surface area contributed by atoms with Crippen molar-refractivity contribution < 1.29 is 27.1 Å². The Morgan fingerprint density at radius 3 is 2.67 bits per heavy atom. The number of morpholine rings is 1. The molecule has 1 aliphatic rings. The number of methoxy groups -OCH3 is 1. The zero-order valence-electron chi connectivity index (χ0n) is 16.2. The van der Waals surface area contributed by atoms with E-state index in [0.29, 0.717) is 18.2 Å². The molecule has 8 nitrogen and oxygen atoms in total. The van der Waals surface area contributed by atoms with E-state index in [0.717, 1.165) is 0 Å². The standard InChI is InChI=1S/C19H21ClFN3O5S/c1-28-17-5-3-14(11-18(17)30(26,27)24-6-8-29-9-7-24)23-19(25)12-22-16-10-13(20)2-4-15(16)21/h2-5,10-11,22H,6-9,12H2,1H3,(H,23,25). The van der Waals surface area contributed by atoms with Gasteiger partial charge >= 0.3 is 0 Å². The Bertz CT molecular complexity index is 1030. The number of nitrogens with zero attached hydrogens (tertiary/aromatic N) is 1. The van der Waals surface area contributed by atoms with Gasteiger partial charge in [-0.1, -0.05) is 11.6 Å². The summed E-state index contributed by atoms with van der Waals surface area (Å²) in [7, 11) is -2.46. The Morgan fingerprint density at radius 2 is 1.97 bits per heavy atom. The van der Waals surface area contributed by atoms with Crippen LogP contribution in [0.3, 0.4) is 0 Å². The minimum Gasteiger partial charge on any atom is -0.495 e. The van der Waals surface area contributed by atoms with Crippen LogP contribution < -0.4 is 15.4 Å². The topological polar surface area (TPSA) is 97.0 Å². The third-order valence-electron chi connectivity index (χ3n) is 4.40. The van der Waals surface area contributed by atoms with Crippen LogP contribution >= 0.6 is 11.6 Å². The van der Waals surface area contributed by atoms with E-state index >= 15 is 0 Å². The molecule has 30 heavy (non-hydrogen) atoms. The third kappa shape index (κ3) is 5.20. The summed E-state index contributed by atoms with van der Waals surface area (Å²) in [6.45, 7) is 0.844. The van der Waals surface area contributed by atoms with Crippen LogP contribution in [0.25, 0.3) is 0 Å². The number of amides is 1. The lowest BCUT2D eigenvalue weighted by atomic mass is 10.3. The Labute approximate surface area is 179 Å². The van der Waals surface area contributed by atoms with Gasteiger partial charge in [0.15, 0.2) is 0 Å². The van der Waals surface area contributed by atoms with Gasteiger partial charge in [-0.2, -0.15) is 4.31 Å². The van der Waals surface area contributed by atoms with Crippen LogP contribution in [0.4, 0.5) is 15.8 Å². The minimum absolute atomic E-state index is 0.0569. The van der Waals surface area contributed by atoms with Gasteiger partial charge in [-0.05, 0) is 36.4 Å². The molecule has 0 aromatic heterocycles. The van der Waals surface area contributed by atoms with Crippen LogP contribution in [-0.2, 0) is 19.6 Å². The van der Waals surface area contributed by atoms with E-state index in [-0.39, 0.29) is 41.7 Å². The van der Waals surface area contributed by atoms with E-state index in [1.807, 2.05) is 0 Å². The molecule has 0 bridgehead atoms. The zero-order valence-corrected chi connectivity index (χ0v) is 17.7. The Hall–Kier alpha value is -2.40. The van der Waals surface area contributed by atoms with Crippen molar-refractivity contribution >= 4 is 38.9 Å². The number of ether oxygens (including phenoxy) is 2. The summed E-state index contributed by atoms with van der Waals surface area (Å²) in [5, 5.41) is 5.58. The molecule has 2 aromatic rings. The summed E-state index contributed by atoms with van der Waals surface area (Å²) in [6, 6.07) is 8.28. The molecule has 162 valence electrons. The lowest BCUT2D eigenvalue weighted by Gasteiger charge is -2.26. The molecule has 1 heterocycles. The highest BCUT2D eigenvalue weighted by molar-refractivity contribution is 7.89. The fourth-order valence-electron chi connectivity index (χ4n) is 2.90. The molecule has 1 saturated heterocycles. The average molecular weight is 458 g/mol. The molecule has 0 atom stereocenters. The summed E-state index contributed by atoms with van der Waals surface area (Å²) in [5.41, 5.74) is 0.351. The number of nitrogens with one attached hydrogen (secondary N) is 2. The van der Waals surface area contributed by atoms with Crippen molar-refractivity contribution in [1.82, 2.24) is 4.31 Å². The molecule has 2 N–H and O–H groups in total. The molecule has 1 fully saturated rings. The van der Waals surface area contributed by atoms with Crippen molar-refractivity contribution in [3.05, 3.63) is 47.2 Å². The van der Waals surface area contributed by atoms with Crippen LogP contribution in [0, 0.1) is 5.82 Å². The lowest BCUT2D eigenvalue weighted by Crippen LogP contribution is -2.40. The summed E-state index contributed by atoms with van der Waals surface area (Å²) in [6.07, 6.45) is 0. The summed E-state index contributed by atoms with van der Waals surface area (Å²) in [4.78, 5) is 12.2. The Kier molecular flexibility index (Phi) is 7.14. The Balaban J connectivity index is 1.74. The number of halogens is 2. The Morgan fingerprint density at radius 1 is 1.23 bits per heavy atom. The number of anilines is 2. The highest BCUT2D eigenvalue weighted by Gasteiger charge is 2.29. The molecule has 0 saturated carbocycles. The maximum atomic E-state index is 13.7. The number of sulfonamides is 1. The maximum absolute atomic E-state index is 13.7. The molecule has 2 aromatic carbocycles. The SMILES string of the molecule is COc1ccc(NC(=O)CNc2cc(Cl)ccc2F)cc1S(=O)(=O)N1CCOCC1. The van der Waals surface area contributed by atoms with Crippen LogP contribution in [-0.4, -0.2) is 58.6 Å². The number of carbonyl (C=O) groups is 1. The molecule has 0 aliphatic carbocycles. The monoisotopic (exact) mass is 457 g/mol. The summed E-state index contributed by atoms with van der Waals surface area (Å²) < 4.78 is 51.4. The van der Waals surface area contributed by atoms with Crippen molar-refractivity contribution in [3.8, 4) is 5.75 Å². The van der Waals surface area contributed by atoms with E-state index in [2.05, 4.69) is 10.6 Å². The number of hydrogen-bond donors (Lipinski definition) is 2. The second kappa shape index (κ2) is 9.61. The highest BCUT2D eigenvalue weighted by Crippen LogP contribution is 2.30. The first-order chi connectivity index (χ1) is 14.3. The van der Waals surface area contributed by atoms with E-state index in [1.54, 1.807) is 0 Å². The molecule has 0 spiro atoms. The molecule has 1 amide bonds. The van der Waals surface area contributed by atoms with Gasteiger partial charge in [-0.3, -0.25) is 4.79 Å². The normalized spacial score (nSPS) is 14.9. The van der Waals surface area contributed by atoms with E-state index in [4.69, 9.17) is 21.1 Å². The maximum Gasteiger partial charge on any atom is 0.246 e. The third-order valence-corrected chi connectivity index (χ3v) is 6.56. The van der Waals surface area contributed by atoms with E-state index < -0.39 is 21.7 Å². The first-order valence-corrected chi connectivity index (χ1v) is 10.9. The molecule has 1 aliphatic heterocycles. The second-order valence-electron chi connectivity index (χ2n) is 6.41. The predicted octanol–water partition coefficient (Wildman–Crippen LogP) is 2.56. The minimum atomic E-state index is -3.83. The van der Waals surface area contributed by atoms with Crippen molar-refractivity contribution in [2.45, 2.75) is 4.90 Å². The lowest BCUT2D eigenvalue weighted by molar-refractivity contribution is -0.114.